The first-order chi connectivity index (χ1) is 10.8. The summed E-state index contributed by atoms with van der Waals surface area (Å²) in [6.07, 6.45) is -3.93. The summed E-state index contributed by atoms with van der Waals surface area (Å²) in [5.74, 6) is -0.783. The minimum Gasteiger partial charge on any atom is -0.439 e. The number of likely N-dealkylation sites (tertiary alicyclic amines) is 1. The van der Waals surface area contributed by atoms with Crippen LogP contribution in [0.15, 0.2) is 24.3 Å². The highest BCUT2D eigenvalue weighted by Crippen LogP contribution is 2.34. The number of primary amides is 1. The molecule has 1 aromatic carbocycles. The summed E-state index contributed by atoms with van der Waals surface area (Å²) in [5, 5.41) is 0. The van der Waals surface area contributed by atoms with E-state index in [1.54, 1.807) is 6.07 Å². The third kappa shape index (κ3) is 4.61. The molecule has 126 valence electrons. The van der Waals surface area contributed by atoms with E-state index < -0.39 is 30.3 Å². The minimum absolute atomic E-state index is 0.0440. The highest BCUT2D eigenvalue weighted by molar-refractivity contribution is 5.78. The molecule has 2 N–H and O–H groups in total. The van der Waals surface area contributed by atoms with E-state index >= 15 is 0 Å². The van der Waals surface area contributed by atoms with Gasteiger partial charge in [-0.15, -0.1) is 0 Å². The van der Waals surface area contributed by atoms with Crippen molar-refractivity contribution in [3.8, 4) is 0 Å². The molecule has 8 heteroatoms. The number of carbonyl (C=O) groups excluding carboxylic acids is 2. The molecule has 23 heavy (non-hydrogen) atoms. The summed E-state index contributed by atoms with van der Waals surface area (Å²) >= 11 is 0. The van der Waals surface area contributed by atoms with E-state index in [9.17, 15) is 22.8 Å². The van der Waals surface area contributed by atoms with Crippen molar-refractivity contribution in [3.63, 3.8) is 0 Å². The van der Waals surface area contributed by atoms with Gasteiger partial charge in [0.15, 0.2) is 6.61 Å². The van der Waals surface area contributed by atoms with Gasteiger partial charge in [0.1, 0.15) is 0 Å². The van der Waals surface area contributed by atoms with Gasteiger partial charge in [0, 0.05) is 13.1 Å². The first-order valence-corrected chi connectivity index (χ1v) is 7.14. The Bertz CT molecular complexity index is 582. The second-order valence-corrected chi connectivity index (χ2v) is 5.41. The smallest absolute Gasteiger partial charge is 0.416 e. The van der Waals surface area contributed by atoms with E-state index in [1.165, 1.54) is 11.0 Å². The van der Waals surface area contributed by atoms with Crippen molar-refractivity contribution in [1.29, 1.82) is 0 Å². The Balaban J connectivity index is 1.94. The largest absolute Gasteiger partial charge is 0.439 e. The summed E-state index contributed by atoms with van der Waals surface area (Å²) in [6.45, 7) is 0.239. The summed E-state index contributed by atoms with van der Waals surface area (Å²) in [5.41, 5.74) is 4.84. The molecular weight excluding hydrogens is 313 g/mol. The molecule has 0 saturated carbocycles. The van der Waals surface area contributed by atoms with Gasteiger partial charge in [0.25, 0.3) is 5.91 Å². The average molecular weight is 330 g/mol. The summed E-state index contributed by atoms with van der Waals surface area (Å²) in [4.78, 5) is 23.7. The zero-order chi connectivity index (χ0) is 17.0. The van der Waals surface area contributed by atoms with Crippen LogP contribution in [0.5, 0.6) is 0 Å². The van der Waals surface area contributed by atoms with Crippen molar-refractivity contribution in [2.24, 2.45) is 5.73 Å². The minimum atomic E-state index is -4.37. The Kier molecular flexibility index (Phi) is 5.12. The van der Waals surface area contributed by atoms with Gasteiger partial charge in [-0.1, -0.05) is 18.2 Å². The molecule has 5 nitrogen and oxygen atoms in total. The van der Waals surface area contributed by atoms with E-state index in [1.807, 2.05) is 0 Å². The van der Waals surface area contributed by atoms with Crippen LogP contribution in [0.3, 0.4) is 0 Å². The predicted molar refractivity (Wildman–Crippen MR) is 75.5 cm³/mol. The monoisotopic (exact) mass is 330 g/mol. The molecule has 1 saturated heterocycles. The van der Waals surface area contributed by atoms with Gasteiger partial charge in [-0.3, -0.25) is 4.79 Å². The maximum Gasteiger partial charge on any atom is 0.416 e. The number of amides is 2. The van der Waals surface area contributed by atoms with Crippen molar-refractivity contribution < 1.29 is 27.5 Å². The lowest BCUT2D eigenvalue weighted by Gasteiger charge is -2.31. The molecule has 0 aliphatic carbocycles. The van der Waals surface area contributed by atoms with Crippen LogP contribution in [0, 0.1) is 0 Å². The van der Waals surface area contributed by atoms with Crippen molar-refractivity contribution in [3.05, 3.63) is 35.4 Å². The van der Waals surface area contributed by atoms with Gasteiger partial charge in [-0.05, 0) is 30.4 Å². The molecule has 1 fully saturated rings. The molecule has 1 aliphatic rings. The number of rotatable bonds is 3. The molecule has 0 atom stereocenters. The van der Waals surface area contributed by atoms with E-state index in [0.717, 1.165) is 12.1 Å². The summed E-state index contributed by atoms with van der Waals surface area (Å²) < 4.78 is 42.9. The first-order valence-electron chi connectivity index (χ1n) is 7.14. The van der Waals surface area contributed by atoms with Crippen LogP contribution in [0.25, 0.3) is 0 Å². The van der Waals surface area contributed by atoms with Crippen LogP contribution in [-0.2, 0) is 15.7 Å². The van der Waals surface area contributed by atoms with E-state index in [4.69, 9.17) is 10.5 Å². The maximum absolute atomic E-state index is 12.7. The van der Waals surface area contributed by atoms with Gasteiger partial charge in [-0.2, -0.15) is 13.2 Å². The van der Waals surface area contributed by atoms with Crippen LogP contribution in [-0.4, -0.2) is 36.6 Å². The van der Waals surface area contributed by atoms with Crippen molar-refractivity contribution in [2.45, 2.75) is 24.9 Å². The van der Waals surface area contributed by atoms with Crippen LogP contribution in [0.4, 0.5) is 18.0 Å². The van der Waals surface area contributed by atoms with E-state index in [2.05, 4.69) is 0 Å². The molecule has 1 aliphatic heterocycles. The third-order valence-corrected chi connectivity index (χ3v) is 3.78. The van der Waals surface area contributed by atoms with Gasteiger partial charge < -0.3 is 15.4 Å². The number of hydrogen-bond donors (Lipinski definition) is 1. The Morgan fingerprint density at radius 1 is 1.26 bits per heavy atom. The first kappa shape index (κ1) is 17.1. The molecule has 0 unspecified atom stereocenters. The number of carbonyl (C=O) groups is 2. The lowest BCUT2D eigenvalue weighted by atomic mass is 9.88. The third-order valence-electron chi connectivity index (χ3n) is 3.78. The standard InChI is InChI=1S/C15H17F3N2O3/c16-15(17,18)12-3-1-2-11(8-12)10-4-6-20(7-5-10)14(22)23-9-13(19)21/h1-3,8,10H,4-7,9H2,(H2,19,21). The quantitative estimate of drug-likeness (QED) is 0.925. The lowest BCUT2D eigenvalue weighted by molar-refractivity contribution is -0.137. The van der Waals surface area contributed by atoms with Gasteiger partial charge >= 0.3 is 12.3 Å². The van der Waals surface area contributed by atoms with Gasteiger partial charge in [-0.25, -0.2) is 4.79 Å². The zero-order valence-corrected chi connectivity index (χ0v) is 12.3. The van der Waals surface area contributed by atoms with Crippen LogP contribution < -0.4 is 5.73 Å². The topological polar surface area (TPSA) is 72.6 Å². The maximum atomic E-state index is 12.7. The number of benzene rings is 1. The zero-order valence-electron chi connectivity index (χ0n) is 12.3. The number of hydrogen-bond acceptors (Lipinski definition) is 3. The summed E-state index contributed by atoms with van der Waals surface area (Å²) in [6, 6.07) is 5.26. The molecule has 1 heterocycles. The van der Waals surface area contributed by atoms with E-state index in [0.29, 0.717) is 31.5 Å². The summed E-state index contributed by atoms with van der Waals surface area (Å²) in [7, 11) is 0. The highest BCUT2D eigenvalue weighted by Gasteiger charge is 2.32. The lowest BCUT2D eigenvalue weighted by Crippen LogP contribution is -2.39. The second-order valence-electron chi connectivity index (χ2n) is 5.41. The highest BCUT2D eigenvalue weighted by atomic mass is 19.4. The molecular formula is C15H17F3N2O3. The number of nitrogens with zero attached hydrogens (tertiary/aromatic N) is 1. The number of piperidine rings is 1. The van der Waals surface area contributed by atoms with E-state index in [-0.39, 0.29) is 5.92 Å². The number of ether oxygens (including phenoxy) is 1. The number of halogens is 3. The van der Waals surface area contributed by atoms with Crippen LogP contribution >= 0.6 is 0 Å². The molecule has 2 rings (SSSR count). The fourth-order valence-corrected chi connectivity index (χ4v) is 2.59. The second kappa shape index (κ2) is 6.89. The predicted octanol–water partition coefficient (Wildman–Crippen LogP) is 2.51. The Morgan fingerprint density at radius 3 is 2.48 bits per heavy atom. The van der Waals surface area contributed by atoms with Gasteiger partial charge in [0.05, 0.1) is 5.56 Å². The Hall–Kier alpha value is -2.25. The van der Waals surface area contributed by atoms with Crippen LogP contribution in [0.1, 0.15) is 29.9 Å². The number of nitrogens with two attached hydrogens (primary N) is 1. The molecule has 0 aromatic heterocycles. The average Bonchev–Trinajstić information content (AvgIpc) is 2.52. The number of alkyl halides is 3. The molecule has 2 amide bonds. The Morgan fingerprint density at radius 2 is 1.91 bits per heavy atom. The molecule has 0 radical (unpaired) electrons. The Labute approximate surface area is 131 Å². The van der Waals surface area contributed by atoms with Crippen molar-refractivity contribution in [1.82, 2.24) is 4.90 Å². The molecule has 1 aromatic rings. The normalized spacial score (nSPS) is 16.2. The molecule has 0 bridgehead atoms. The van der Waals surface area contributed by atoms with Crippen LogP contribution in [0.2, 0.25) is 0 Å². The fraction of sp³-hybridized carbons (Fsp3) is 0.467. The van der Waals surface area contributed by atoms with Crippen molar-refractivity contribution in [2.75, 3.05) is 19.7 Å². The fourth-order valence-electron chi connectivity index (χ4n) is 2.59. The van der Waals surface area contributed by atoms with Crippen molar-refractivity contribution >= 4 is 12.0 Å². The van der Waals surface area contributed by atoms with Gasteiger partial charge in [0.2, 0.25) is 0 Å². The SMILES string of the molecule is NC(=O)COC(=O)N1CCC(c2cccc(C(F)(F)F)c2)CC1. The molecule has 0 spiro atoms.